The van der Waals surface area contributed by atoms with Crippen molar-refractivity contribution in [1.29, 1.82) is 0 Å². The van der Waals surface area contributed by atoms with E-state index in [1.54, 1.807) is 0 Å². The third kappa shape index (κ3) is 4.94. The van der Waals surface area contributed by atoms with Gasteiger partial charge >= 0.3 is 0 Å². The van der Waals surface area contributed by atoms with Crippen LogP contribution < -0.4 is 5.32 Å². The van der Waals surface area contributed by atoms with E-state index in [9.17, 15) is 0 Å². The van der Waals surface area contributed by atoms with Gasteiger partial charge in [-0.3, -0.25) is 4.98 Å². The Morgan fingerprint density at radius 1 is 1.10 bits per heavy atom. The average Bonchev–Trinajstić information content (AvgIpc) is 2.51. The Morgan fingerprint density at radius 3 is 2.48 bits per heavy atom. The van der Waals surface area contributed by atoms with Crippen molar-refractivity contribution in [3.8, 4) is 0 Å². The van der Waals surface area contributed by atoms with E-state index in [4.69, 9.17) is 0 Å². The maximum absolute atomic E-state index is 4.26. The van der Waals surface area contributed by atoms with E-state index in [-0.39, 0.29) is 0 Å². The molecule has 0 saturated carbocycles. The number of nitrogens with one attached hydrogen (secondary N) is 1. The topological polar surface area (TPSA) is 24.9 Å². The number of pyridine rings is 1. The average molecular weight is 347 g/mol. The second-order valence-corrected chi connectivity index (χ2v) is 6.23. The summed E-state index contributed by atoms with van der Waals surface area (Å²) in [4.78, 5) is 4.26. The fourth-order valence-corrected chi connectivity index (χ4v) is 2.83. The molecule has 0 aliphatic rings. The van der Waals surface area contributed by atoms with Crippen molar-refractivity contribution in [2.24, 2.45) is 0 Å². The van der Waals surface area contributed by atoms with Crippen molar-refractivity contribution in [2.75, 3.05) is 6.54 Å². The van der Waals surface area contributed by atoms with Gasteiger partial charge in [0.1, 0.15) is 0 Å². The molecule has 0 aliphatic carbocycles. The quantitative estimate of drug-likeness (QED) is 0.786. The molecule has 1 atom stereocenters. The summed E-state index contributed by atoms with van der Waals surface area (Å²) < 4.78 is 1.04. The highest BCUT2D eigenvalue weighted by molar-refractivity contribution is 9.10. The first kappa shape index (κ1) is 16.2. The van der Waals surface area contributed by atoms with E-state index in [1.807, 2.05) is 12.4 Å². The predicted octanol–water partition coefficient (Wildman–Crippen LogP) is 4.69. The number of aromatic nitrogens is 1. The fourth-order valence-electron chi connectivity index (χ4n) is 2.42. The number of hydrogen-bond acceptors (Lipinski definition) is 2. The Labute approximate surface area is 136 Å². The van der Waals surface area contributed by atoms with Crippen LogP contribution in [-0.2, 0) is 12.8 Å². The normalized spacial score (nSPS) is 12.3. The summed E-state index contributed by atoms with van der Waals surface area (Å²) in [6, 6.07) is 11.4. The van der Waals surface area contributed by atoms with Gasteiger partial charge in [-0.05, 0) is 64.5 Å². The van der Waals surface area contributed by atoms with Gasteiger partial charge in [0.05, 0.1) is 0 Å². The highest BCUT2D eigenvalue weighted by Gasteiger charge is 2.12. The summed E-state index contributed by atoms with van der Waals surface area (Å²) in [5, 5.41) is 3.65. The predicted molar refractivity (Wildman–Crippen MR) is 92.5 cm³/mol. The van der Waals surface area contributed by atoms with Gasteiger partial charge < -0.3 is 5.32 Å². The van der Waals surface area contributed by atoms with Crippen LogP contribution in [0.25, 0.3) is 0 Å². The summed E-state index contributed by atoms with van der Waals surface area (Å²) in [5.41, 5.74) is 3.98. The number of halogens is 1. The monoisotopic (exact) mass is 346 g/mol. The molecule has 0 amide bonds. The van der Waals surface area contributed by atoms with Crippen LogP contribution in [0, 0.1) is 0 Å². The van der Waals surface area contributed by atoms with E-state index in [1.165, 1.54) is 16.7 Å². The lowest BCUT2D eigenvalue weighted by molar-refractivity contribution is 0.528. The first-order valence-electron chi connectivity index (χ1n) is 7.64. The zero-order valence-corrected chi connectivity index (χ0v) is 14.4. The van der Waals surface area contributed by atoms with E-state index in [2.05, 4.69) is 70.4 Å². The molecule has 1 aromatic carbocycles. The van der Waals surface area contributed by atoms with E-state index < -0.39 is 0 Å². The molecule has 0 aliphatic heterocycles. The minimum atomic E-state index is 0.340. The first-order chi connectivity index (χ1) is 10.2. The molecule has 0 fully saturated rings. The minimum absolute atomic E-state index is 0.340. The molecule has 1 unspecified atom stereocenters. The highest BCUT2D eigenvalue weighted by Crippen LogP contribution is 2.21. The van der Waals surface area contributed by atoms with Crippen molar-refractivity contribution in [1.82, 2.24) is 10.3 Å². The summed E-state index contributed by atoms with van der Waals surface area (Å²) in [6.45, 7) is 5.42. The zero-order valence-electron chi connectivity index (χ0n) is 12.8. The summed E-state index contributed by atoms with van der Waals surface area (Å²) in [5.74, 6) is 0. The van der Waals surface area contributed by atoms with Gasteiger partial charge in [0.2, 0.25) is 0 Å². The number of nitrogens with zero attached hydrogens (tertiary/aromatic N) is 1. The molecule has 1 aromatic heterocycles. The van der Waals surface area contributed by atoms with Gasteiger partial charge in [-0.1, -0.05) is 38.1 Å². The molecule has 0 saturated heterocycles. The zero-order chi connectivity index (χ0) is 15.1. The van der Waals surface area contributed by atoms with Gasteiger partial charge in [0.25, 0.3) is 0 Å². The maximum Gasteiger partial charge on any atom is 0.0410 e. The Morgan fingerprint density at radius 2 is 1.86 bits per heavy atom. The van der Waals surface area contributed by atoms with Gasteiger partial charge in [0, 0.05) is 22.9 Å². The molecule has 0 spiro atoms. The van der Waals surface area contributed by atoms with Gasteiger partial charge in [0.15, 0.2) is 0 Å². The van der Waals surface area contributed by atoms with Crippen molar-refractivity contribution in [3.05, 3.63) is 63.9 Å². The Balaban J connectivity index is 2.16. The van der Waals surface area contributed by atoms with Crippen LogP contribution in [0.4, 0.5) is 0 Å². The largest absolute Gasteiger partial charge is 0.310 e. The minimum Gasteiger partial charge on any atom is -0.310 e. The SMILES string of the molecule is CCCNC(Cc1cncc(Br)c1)c1ccc(CC)cc1. The molecule has 0 radical (unpaired) electrons. The molecule has 0 bridgehead atoms. The van der Waals surface area contributed by atoms with Crippen molar-refractivity contribution >= 4 is 15.9 Å². The molecule has 2 aromatic rings. The van der Waals surface area contributed by atoms with E-state index in [0.717, 1.165) is 30.3 Å². The molecule has 2 rings (SSSR count). The fraction of sp³-hybridized carbons (Fsp3) is 0.389. The van der Waals surface area contributed by atoms with Crippen molar-refractivity contribution in [3.63, 3.8) is 0 Å². The van der Waals surface area contributed by atoms with Crippen LogP contribution in [0.2, 0.25) is 0 Å². The summed E-state index contributed by atoms with van der Waals surface area (Å²) in [7, 11) is 0. The molecular formula is C18H23BrN2. The lowest BCUT2D eigenvalue weighted by atomic mass is 9.98. The van der Waals surface area contributed by atoms with E-state index in [0.29, 0.717) is 6.04 Å². The molecule has 3 heteroatoms. The smallest absolute Gasteiger partial charge is 0.0410 e. The summed E-state index contributed by atoms with van der Waals surface area (Å²) >= 11 is 3.50. The highest BCUT2D eigenvalue weighted by atomic mass is 79.9. The van der Waals surface area contributed by atoms with E-state index >= 15 is 0 Å². The number of aryl methyl sites for hydroxylation is 1. The lowest BCUT2D eigenvalue weighted by Crippen LogP contribution is -2.24. The first-order valence-corrected chi connectivity index (χ1v) is 8.43. The molecule has 2 nitrogen and oxygen atoms in total. The summed E-state index contributed by atoms with van der Waals surface area (Å²) in [6.07, 6.45) is 6.96. The number of rotatable bonds is 7. The van der Waals surface area contributed by atoms with Crippen LogP contribution in [0.5, 0.6) is 0 Å². The second-order valence-electron chi connectivity index (χ2n) is 5.32. The second kappa shape index (κ2) is 8.30. The molecule has 1 heterocycles. The van der Waals surface area contributed by atoms with Crippen LogP contribution >= 0.6 is 15.9 Å². The molecular weight excluding hydrogens is 324 g/mol. The Hall–Kier alpha value is -1.19. The maximum atomic E-state index is 4.26. The Bertz CT molecular complexity index is 551. The number of hydrogen-bond donors (Lipinski definition) is 1. The molecule has 112 valence electrons. The van der Waals surface area contributed by atoms with Crippen LogP contribution in [0.1, 0.15) is 43.0 Å². The molecule has 1 N–H and O–H groups in total. The van der Waals surface area contributed by atoms with Crippen LogP contribution in [0.3, 0.4) is 0 Å². The Kier molecular flexibility index (Phi) is 6.40. The number of benzene rings is 1. The lowest BCUT2D eigenvalue weighted by Gasteiger charge is -2.19. The van der Waals surface area contributed by atoms with Crippen molar-refractivity contribution < 1.29 is 0 Å². The van der Waals surface area contributed by atoms with Crippen LogP contribution in [-0.4, -0.2) is 11.5 Å². The van der Waals surface area contributed by atoms with Crippen LogP contribution in [0.15, 0.2) is 47.2 Å². The van der Waals surface area contributed by atoms with Gasteiger partial charge in [-0.2, -0.15) is 0 Å². The molecule has 21 heavy (non-hydrogen) atoms. The van der Waals surface area contributed by atoms with Gasteiger partial charge in [-0.25, -0.2) is 0 Å². The van der Waals surface area contributed by atoms with Gasteiger partial charge in [-0.15, -0.1) is 0 Å². The third-order valence-electron chi connectivity index (χ3n) is 3.63. The van der Waals surface area contributed by atoms with Crippen molar-refractivity contribution in [2.45, 2.75) is 39.2 Å². The standard InChI is InChI=1S/C18H23BrN2/c1-3-9-21-18(11-15-10-17(19)13-20-12-15)16-7-5-14(4-2)6-8-16/h5-8,10,12-13,18,21H,3-4,9,11H2,1-2H3. The third-order valence-corrected chi connectivity index (χ3v) is 4.07.